The van der Waals surface area contributed by atoms with Crippen molar-refractivity contribution in [3.05, 3.63) is 35.9 Å². The molecule has 0 aliphatic carbocycles. The molecule has 2 aromatic rings. The van der Waals surface area contributed by atoms with Gasteiger partial charge in [-0.2, -0.15) is 0 Å². The molecule has 1 aliphatic heterocycles. The molecular weight excluding hydrogens is 254 g/mol. The van der Waals surface area contributed by atoms with Crippen molar-refractivity contribution < 1.29 is 4.74 Å². The molecule has 104 valence electrons. The van der Waals surface area contributed by atoms with Crippen LogP contribution in [0.15, 0.2) is 24.8 Å². The number of anilines is 1. The third-order valence-electron chi connectivity index (χ3n) is 3.22. The van der Waals surface area contributed by atoms with E-state index < -0.39 is 0 Å². The quantitative estimate of drug-likeness (QED) is 0.843. The Labute approximate surface area is 117 Å². The molecule has 1 fully saturated rings. The highest BCUT2D eigenvalue weighted by atomic mass is 16.5. The van der Waals surface area contributed by atoms with Crippen LogP contribution in [0.5, 0.6) is 6.01 Å². The minimum atomic E-state index is 0.0857. The van der Waals surface area contributed by atoms with E-state index in [2.05, 4.69) is 24.8 Å². The van der Waals surface area contributed by atoms with Gasteiger partial charge in [-0.25, -0.2) is 19.9 Å². The lowest BCUT2D eigenvalue weighted by Gasteiger charge is -2.16. The molecule has 0 amide bonds. The molecule has 1 saturated heterocycles. The zero-order chi connectivity index (χ0) is 13.9. The number of nitrogens with zero attached hydrogens (tertiary/aromatic N) is 5. The summed E-state index contributed by atoms with van der Waals surface area (Å²) in [5.74, 6) is 0.756. The summed E-state index contributed by atoms with van der Waals surface area (Å²) in [5.41, 5.74) is 2.09. The van der Waals surface area contributed by atoms with Crippen LogP contribution in [0.4, 0.5) is 5.95 Å². The second-order valence-corrected chi connectivity index (χ2v) is 5.08. The largest absolute Gasteiger partial charge is 0.458 e. The number of aryl methyl sites for hydroxylation is 2. The number of ether oxygens (including phenoxy) is 1. The van der Waals surface area contributed by atoms with Crippen LogP contribution >= 0.6 is 0 Å². The van der Waals surface area contributed by atoms with Crippen molar-refractivity contribution >= 4 is 5.95 Å². The van der Waals surface area contributed by atoms with Gasteiger partial charge in [0.25, 0.3) is 0 Å². The Bertz CT molecular complexity index is 569. The third-order valence-corrected chi connectivity index (χ3v) is 3.22. The molecule has 0 radical (unpaired) electrons. The first-order chi connectivity index (χ1) is 9.70. The molecule has 6 nitrogen and oxygen atoms in total. The average Bonchev–Trinajstić information content (AvgIpc) is 2.91. The molecular formula is C14H17N5O. The van der Waals surface area contributed by atoms with Crippen molar-refractivity contribution in [2.45, 2.75) is 26.4 Å². The predicted octanol–water partition coefficient (Wildman–Crippen LogP) is 1.54. The lowest BCUT2D eigenvalue weighted by Crippen LogP contribution is -2.26. The molecule has 0 bridgehead atoms. The molecule has 0 N–H and O–H groups in total. The molecule has 20 heavy (non-hydrogen) atoms. The van der Waals surface area contributed by atoms with Gasteiger partial charge in [-0.05, 0) is 25.0 Å². The van der Waals surface area contributed by atoms with Crippen molar-refractivity contribution in [1.29, 1.82) is 0 Å². The third kappa shape index (κ3) is 2.84. The van der Waals surface area contributed by atoms with Crippen molar-refractivity contribution in [2.24, 2.45) is 0 Å². The highest BCUT2D eigenvalue weighted by Gasteiger charge is 2.26. The number of hydrogen-bond donors (Lipinski definition) is 0. The van der Waals surface area contributed by atoms with Crippen LogP contribution < -0.4 is 9.64 Å². The molecule has 1 atom stereocenters. The summed E-state index contributed by atoms with van der Waals surface area (Å²) in [6, 6.07) is 0.437. The molecule has 2 aromatic heterocycles. The van der Waals surface area contributed by atoms with Crippen LogP contribution in [0, 0.1) is 13.8 Å². The van der Waals surface area contributed by atoms with E-state index in [4.69, 9.17) is 4.74 Å². The van der Waals surface area contributed by atoms with Gasteiger partial charge in [-0.15, -0.1) is 0 Å². The second-order valence-electron chi connectivity index (χ2n) is 5.08. The van der Waals surface area contributed by atoms with E-state index in [0.717, 1.165) is 36.6 Å². The summed E-state index contributed by atoms with van der Waals surface area (Å²) < 4.78 is 5.79. The van der Waals surface area contributed by atoms with Gasteiger partial charge < -0.3 is 9.64 Å². The minimum Gasteiger partial charge on any atom is -0.458 e. The van der Waals surface area contributed by atoms with Crippen LogP contribution in [0.2, 0.25) is 0 Å². The smallest absolute Gasteiger partial charge is 0.316 e. The van der Waals surface area contributed by atoms with Crippen molar-refractivity contribution in [3.8, 4) is 6.01 Å². The topological polar surface area (TPSA) is 64.0 Å². The Morgan fingerprint density at radius 2 is 1.60 bits per heavy atom. The van der Waals surface area contributed by atoms with Crippen molar-refractivity contribution in [1.82, 2.24) is 19.9 Å². The zero-order valence-electron chi connectivity index (χ0n) is 11.7. The minimum absolute atomic E-state index is 0.0857. The van der Waals surface area contributed by atoms with E-state index in [1.807, 2.05) is 26.2 Å². The van der Waals surface area contributed by atoms with E-state index in [1.165, 1.54) is 0 Å². The van der Waals surface area contributed by atoms with Gasteiger partial charge >= 0.3 is 6.01 Å². The molecule has 0 saturated carbocycles. The maximum atomic E-state index is 5.79. The fourth-order valence-electron chi connectivity index (χ4n) is 2.15. The van der Waals surface area contributed by atoms with Gasteiger partial charge in [-0.3, -0.25) is 0 Å². The summed E-state index contributed by atoms with van der Waals surface area (Å²) in [6.07, 6.45) is 8.20. The van der Waals surface area contributed by atoms with Crippen LogP contribution in [-0.2, 0) is 0 Å². The Balaban J connectivity index is 1.62. The summed E-state index contributed by atoms with van der Waals surface area (Å²) in [7, 11) is 0. The first-order valence-corrected chi connectivity index (χ1v) is 6.69. The van der Waals surface area contributed by atoms with E-state index >= 15 is 0 Å². The molecule has 1 unspecified atom stereocenters. The number of rotatable bonds is 3. The van der Waals surface area contributed by atoms with Crippen LogP contribution in [0.1, 0.15) is 17.5 Å². The summed E-state index contributed by atoms with van der Waals surface area (Å²) in [6.45, 7) is 5.59. The summed E-state index contributed by atoms with van der Waals surface area (Å²) in [5, 5.41) is 0. The van der Waals surface area contributed by atoms with Gasteiger partial charge in [0.05, 0.1) is 6.54 Å². The van der Waals surface area contributed by atoms with Crippen LogP contribution in [0.25, 0.3) is 0 Å². The van der Waals surface area contributed by atoms with E-state index in [1.54, 1.807) is 12.4 Å². The molecule has 6 heteroatoms. The van der Waals surface area contributed by atoms with Crippen LogP contribution in [0.3, 0.4) is 0 Å². The molecule has 3 heterocycles. The molecule has 0 spiro atoms. The first kappa shape index (κ1) is 12.8. The number of aromatic nitrogens is 4. The zero-order valence-corrected chi connectivity index (χ0v) is 11.7. The Hall–Kier alpha value is -2.24. The molecule has 1 aliphatic rings. The summed E-state index contributed by atoms with van der Waals surface area (Å²) in [4.78, 5) is 19.1. The van der Waals surface area contributed by atoms with Gasteiger partial charge in [0, 0.05) is 37.8 Å². The Kier molecular flexibility index (Phi) is 3.45. The lowest BCUT2D eigenvalue weighted by molar-refractivity contribution is 0.206. The number of hydrogen-bond acceptors (Lipinski definition) is 6. The van der Waals surface area contributed by atoms with E-state index in [0.29, 0.717) is 6.01 Å². The second kappa shape index (κ2) is 5.40. The van der Waals surface area contributed by atoms with Crippen LogP contribution in [-0.4, -0.2) is 39.1 Å². The Morgan fingerprint density at radius 1 is 1.00 bits per heavy atom. The molecule has 0 aromatic carbocycles. The Morgan fingerprint density at radius 3 is 2.25 bits per heavy atom. The van der Waals surface area contributed by atoms with Gasteiger partial charge in [0.2, 0.25) is 5.95 Å². The summed E-state index contributed by atoms with van der Waals surface area (Å²) >= 11 is 0. The van der Waals surface area contributed by atoms with Crippen molar-refractivity contribution in [3.63, 3.8) is 0 Å². The highest BCUT2D eigenvalue weighted by molar-refractivity contribution is 5.31. The maximum Gasteiger partial charge on any atom is 0.316 e. The highest BCUT2D eigenvalue weighted by Crippen LogP contribution is 2.18. The molecule has 3 rings (SSSR count). The van der Waals surface area contributed by atoms with Crippen molar-refractivity contribution in [2.75, 3.05) is 18.0 Å². The van der Waals surface area contributed by atoms with Gasteiger partial charge in [-0.1, -0.05) is 0 Å². The lowest BCUT2D eigenvalue weighted by atomic mass is 10.3. The van der Waals surface area contributed by atoms with E-state index in [-0.39, 0.29) is 6.10 Å². The average molecular weight is 271 g/mol. The van der Waals surface area contributed by atoms with E-state index in [9.17, 15) is 0 Å². The fraction of sp³-hybridized carbons (Fsp3) is 0.429. The fourth-order valence-corrected chi connectivity index (χ4v) is 2.15. The van der Waals surface area contributed by atoms with Gasteiger partial charge in [0.1, 0.15) is 6.10 Å². The first-order valence-electron chi connectivity index (χ1n) is 6.69. The normalized spacial score (nSPS) is 18.3. The predicted molar refractivity (Wildman–Crippen MR) is 74.8 cm³/mol. The monoisotopic (exact) mass is 271 g/mol. The maximum absolute atomic E-state index is 5.79. The van der Waals surface area contributed by atoms with Gasteiger partial charge in [0.15, 0.2) is 0 Å². The SMILES string of the molecule is Cc1cnc(OC2CCN(c3ncc(C)cn3)C2)nc1. The standard InChI is InChI=1S/C14H17N5O/c1-10-5-15-13(16-6-10)19-4-3-12(9-19)20-14-17-7-11(2)8-18-14/h5-8,12H,3-4,9H2,1-2H3.